The molecule has 3 aliphatic rings. The summed E-state index contributed by atoms with van der Waals surface area (Å²) in [7, 11) is 0. The Labute approximate surface area is 116 Å². The fourth-order valence-corrected chi connectivity index (χ4v) is 4.06. The van der Waals surface area contributed by atoms with E-state index in [-0.39, 0.29) is 12.2 Å². The number of hydrogen-bond acceptors (Lipinski definition) is 3. The number of carbonyl (C=O) groups is 1. The van der Waals surface area contributed by atoms with Crippen molar-refractivity contribution in [3.63, 3.8) is 0 Å². The quantitative estimate of drug-likeness (QED) is 0.783. The van der Waals surface area contributed by atoms with Gasteiger partial charge in [0.15, 0.2) is 6.29 Å². The van der Waals surface area contributed by atoms with Crippen LogP contribution in [0.25, 0.3) is 0 Å². The molecule has 2 aliphatic carbocycles. The highest BCUT2D eigenvalue weighted by atomic mass is 16.7. The van der Waals surface area contributed by atoms with Crippen LogP contribution in [0, 0.1) is 17.8 Å². The highest BCUT2D eigenvalue weighted by Crippen LogP contribution is 2.41. The van der Waals surface area contributed by atoms with Gasteiger partial charge in [-0.05, 0) is 50.9 Å². The van der Waals surface area contributed by atoms with Crippen LogP contribution in [0.3, 0.4) is 0 Å². The van der Waals surface area contributed by atoms with Crippen molar-refractivity contribution in [2.45, 2.75) is 64.1 Å². The maximum absolute atomic E-state index is 12.3. The number of hydrogen-bond donors (Lipinski definition) is 0. The number of fused-ring (bicyclic) bond motifs is 2. The van der Waals surface area contributed by atoms with Crippen molar-refractivity contribution in [1.29, 1.82) is 0 Å². The van der Waals surface area contributed by atoms with Gasteiger partial charge in [0.2, 0.25) is 0 Å². The van der Waals surface area contributed by atoms with Crippen LogP contribution in [0.5, 0.6) is 0 Å². The molecule has 3 heteroatoms. The lowest BCUT2D eigenvalue weighted by molar-refractivity contribution is -0.166. The van der Waals surface area contributed by atoms with Gasteiger partial charge in [-0.3, -0.25) is 4.79 Å². The van der Waals surface area contributed by atoms with Crippen molar-refractivity contribution >= 4 is 5.78 Å². The van der Waals surface area contributed by atoms with E-state index < -0.39 is 0 Å². The van der Waals surface area contributed by atoms with E-state index >= 15 is 0 Å². The first-order valence-corrected chi connectivity index (χ1v) is 8.10. The summed E-state index contributed by atoms with van der Waals surface area (Å²) in [6.45, 7) is 1.53. The first-order chi connectivity index (χ1) is 9.33. The number of carbonyl (C=O) groups excluding carboxylic acids is 1. The van der Waals surface area contributed by atoms with Crippen molar-refractivity contribution in [1.82, 2.24) is 0 Å². The second kappa shape index (κ2) is 6.36. The Morgan fingerprint density at radius 1 is 1.11 bits per heavy atom. The van der Waals surface area contributed by atoms with E-state index in [1.165, 1.54) is 25.7 Å². The maximum atomic E-state index is 12.3. The summed E-state index contributed by atoms with van der Waals surface area (Å²) in [6, 6.07) is 0. The first-order valence-electron chi connectivity index (χ1n) is 8.10. The van der Waals surface area contributed by atoms with E-state index in [1.807, 2.05) is 0 Å². The van der Waals surface area contributed by atoms with Crippen LogP contribution in [0.2, 0.25) is 0 Å². The summed E-state index contributed by atoms with van der Waals surface area (Å²) in [5.74, 6) is 1.99. The molecule has 2 bridgehead atoms. The Kier molecular flexibility index (Phi) is 4.54. The highest BCUT2D eigenvalue weighted by molar-refractivity contribution is 5.84. The molecule has 0 amide bonds. The van der Waals surface area contributed by atoms with Crippen LogP contribution in [0.4, 0.5) is 0 Å². The predicted octanol–water partition coefficient (Wildman–Crippen LogP) is 3.32. The van der Waals surface area contributed by atoms with Crippen molar-refractivity contribution < 1.29 is 14.3 Å². The number of ketones is 1. The third-order valence-corrected chi connectivity index (χ3v) is 5.11. The monoisotopic (exact) mass is 266 g/mol. The Balaban J connectivity index is 1.43. The Hall–Kier alpha value is -0.410. The van der Waals surface area contributed by atoms with Gasteiger partial charge in [0.05, 0.1) is 6.61 Å². The molecule has 4 atom stereocenters. The van der Waals surface area contributed by atoms with Crippen molar-refractivity contribution in [3.8, 4) is 0 Å². The summed E-state index contributed by atoms with van der Waals surface area (Å²) >= 11 is 0. The molecule has 1 aliphatic heterocycles. The molecule has 0 aromatic rings. The molecule has 0 N–H and O–H groups in total. The van der Waals surface area contributed by atoms with Crippen LogP contribution < -0.4 is 0 Å². The minimum Gasteiger partial charge on any atom is -0.353 e. The van der Waals surface area contributed by atoms with Gasteiger partial charge in [0, 0.05) is 18.4 Å². The zero-order valence-corrected chi connectivity index (χ0v) is 11.8. The van der Waals surface area contributed by atoms with Gasteiger partial charge in [-0.1, -0.05) is 12.8 Å². The maximum Gasteiger partial charge on any atom is 0.157 e. The summed E-state index contributed by atoms with van der Waals surface area (Å²) in [4.78, 5) is 12.3. The van der Waals surface area contributed by atoms with Gasteiger partial charge >= 0.3 is 0 Å². The average molecular weight is 266 g/mol. The van der Waals surface area contributed by atoms with Gasteiger partial charge in [0.25, 0.3) is 0 Å². The summed E-state index contributed by atoms with van der Waals surface area (Å²) in [5.41, 5.74) is 0. The van der Waals surface area contributed by atoms with Crippen molar-refractivity contribution in [3.05, 3.63) is 0 Å². The Morgan fingerprint density at radius 3 is 2.89 bits per heavy atom. The first kappa shape index (κ1) is 13.6. The van der Waals surface area contributed by atoms with E-state index in [4.69, 9.17) is 9.47 Å². The smallest absolute Gasteiger partial charge is 0.157 e. The molecule has 0 aromatic heterocycles. The van der Waals surface area contributed by atoms with Crippen LogP contribution in [0.1, 0.15) is 57.8 Å². The van der Waals surface area contributed by atoms with Crippen LogP contribution in [0.15, 0.2) is 0 Å². The summed E-state index contributed by atoms with van der Waals surface area (Å²) in [6.07, 6.45) is 10.3. The van der Waals surface area contributed by atoms with Gasteiger partial charge in [-0.25, -0.2) is 0 Å². The second-order valence-corrected chi connectivity index (χ2v) is 6.52. The highest BCUT2D eigenvalue weighted by Gasteiger charge is 2.38. The lowest BCUT2D eigenvalue weighted by Gasteiger charge is -2.38. The zero-order valence-electron chi connectivity index (χ0n) is 11.8. The molecule has 0 spiro atoms. The van der Waals surface area contributed by atoms with E-state index in [0.717, 1.165) is 44.6 Å². The van der Waals surface area contributed by atoms with E-state index in [9.17, 15) is 4.79 Å². The zero-order chi connectivity index (χ0) is 13.1. The minimum atomic E-state index is -0.00746. The lowest BCUT2D eigenvalue weighted by atomic mass is 9.66. The Bertz CT molecular complexity index is 309. The van der Waals surface area contributed by atoms with Crippen molar-refractivity contribution in [2.24, 2.45) is 17.8 Å². The normalized spacial score (nSPS) is 39.3. The molecule has 1 heterocycles. The van der Waals surface area contributed by atoms with Crippen LogP contribution >= 0.6 is 0 Å². The molecule has 0 aromatic carbocycles. The fraction of sp³-hybridized carbons (Fsp3) is 0.938. The van der Waals surface area contributed by atoms with Crippen molar-refractivity contribution in [2.75, 3.05) is 13.2 Å². The van der Waals surface area contributed by atoms with Gasteiger partial charge < -0.3 is 9.47 Å². The Morgan fingerprint density at radius 2 is 2.05 bits per heavy atom. The molecular formula is C16H26O3. The third kappa shape index (κ3) is 3.38. The molecule has 1 saturated heterocycles. The molecule has 0 radical (unpaired) electrons. The largest absolute Gasteiger partial charge is 0.353 e. The molecular weight excluding hydrogens is 240 g/mol. The van der Waals surface area contributed by atoms with E-state index in [2.05, 4.69) is 0 Å². The third-order valence-electron chi connectivity index (χ3n) is 5.11. The van der Waals surface area contributed by atoms with E-state index in [1.54, 1.807) is 0 Å². The van der Waals surface area contributed by atoms with Gasteiger partial charge in [-0.15, -0.1) is 0 Å². The van der Waals surface area contributed by atoms with Crippen LogP contribution in [-0.4, -0.2) is 25.3 Å². The summed E-state index contributed by atoms with van der Waals surface area (Å²) in [5, 5.41) is 0. The van der Waals surface area contributed by atoms with Gasteiger partial charge in [0.1, 0.15) is 5.78 Å². The average Bonchev–Trinajstić information content (AvgIpc) is 2.46. The van der Waals surface area contributed by atoms with E-state index in [0.29, 0.717) is 18.3 Å². The topological polar surface area (TPSA) is 35.5 Å². The second-order valence-electron chi connectivity index (χ2n) is 6.52. The van der Waals surface area contributed by atoms with Gasteiger partial charge in [-0.2, -0.15) is 0 Å². The molecule has 3 rings (SSSR count). The molecule has 19 heavy (non-hydrogen) atoms. The minimum absolute atomic E-state index is 0.00746. The number of rotatable bonds is 4. The predicted molar refractivity (Wildman–Crippen MR) is 72.7 cm³/mol. The molecule has 4 unspecified atom stereocenters. The standard InChI is InChI=1S/C16H26O3/c17-16-13-5-3-4-12(10-13)11-14(16)7-9-19-15-6-1-2-8-18-15/h12-15H,1-11H2. The summed E-state index contributed by atoms with van der Waals surface area (Å²) < 4.78 is 11.3. The molecule has 3 nitrogen and oxygen atoms in total. The molecule has 108 valence electrons. The molecule has 3 fully saturated rings. The van der Waals surface area contributed by atoms with Crippen LogP contribution in [-0.2, 0) is 14.3 Å². The molecule has 2 saturated carbocycles. The number of ether oxygens (including phenoxy) is 2. The number of Topliss-reactive ketones (excluding diaryl/α,β-unsaturated/α-hetero) is 1. The fourth-order valence-electron chi connectivity index (χ4n) is 4.06. The SMILES string of the molecule is O=C1C2CCCC(C2)CC1CCOC1CCCCO1. The lowest BCUT2D eigenvalue weighted by Crippen LogP contribution is -2.36.